The number of primary amides is 1. The average Bonchev–Trinajstić information content (AvgIpc) is 2.48. The normalized spacial score (nSPS) is 13.2. The Morgan fingerprint density at radius 2 is 1.04 bits per heavy atom. The van der Waals surface area contributed by atoms with Gasteiger partial charge in [0, 0.05) is 12.8 Å². The average molecular weight is 786 g/mol. The molecule has 2 N–H and O–H groups in total. The lowest BCUT2D eigenvalue weighted by molar-refractivity contribution is -0.162. The van der Waals surface area contributed by atoms with Crippen molar-refractivity contribution in [1.82, 2.24) is 4.90 Å². The number of hydrogen-bond acceptors (Lipinski definition) is 4. The fraction of sp³-hybridized carbons (Fsp3) is 0.750. The van der Waals surface area contributed by atoms with Gasteiger partial charge < -0.3 is 5.73 Å². The van der Waals surface area contributed by atoms with Crippen molar-refractivity contribution < 1.29 is 19.2 Å². The van der Waals surface area contributed by atoms with Crippen molar-refractivity contribution in [2.75, 3.05) is 0 Å². The molecule has 162 valence electrons. The van der Waals surface area contributed by atoms with Crippen LogP contribution in [-0.4, -0.2) is 32.8 Å². The zero-order chi connectivity index (χ0) is 22.7. The summed E-state index contributed by atoms with van der Waals surface area (Å²) in [4.78, 5) is 51.0. The third-order valence-electron chi connectivity index (χ3n) is 4.21. The number of carbonyl (C=O) groups is 4. The summed E-state index contributed by atoms with van der Waals surface area (Å²) in [5.41, 5.74) is 2.68. The Morgan fingerprint density at radius 1 is 0.714 bits per heavy atom. The fourth-order valence-electron chi connectivity index (χ4n) is 1.81. The highest BCUT2D eigenvalue weighted by Crippen LogP contribution is 2.53. The number of nitrogens with zero attached hydrogens (tertiary/aromatic N) is 1. The van der Waals surface area contributed by atoms with Crippen LogP contribution in [-0.2, 0) is 19.2 Å². The van der Waals surface area contributed by atoms with Gasteiger partial charge in [-0.15, -0.1) is 0 Å². The Bertz CT molecular complexity index is 600. The largest absolute Gasteiger partial charge is 0.370 e. The third-order valence-corrected chi connectivity index (χ3v) is 10.2. The van der Waals surface area contributed by atoms with Gasteiger partial charge in [-0.25, -0.2) is 4.90 Å². The van der Waals surface area contributed by atoms with Crippen molar-refractivity contribution in [3.8, 4) is 0 Å². The maximum Gasteiger partial charge on any atom is 0.244 e. The molecule has 0 aromatic rings. The van der Waals surface area contributed by atoms with E-state index in [9.17, 15) is 19.2 Å². The van der Waals surface area contributed by atoms with E-state index < -0.39 is 38.7 Å². The van der Waals surface area contributed by atoms with E-state index in [0.717, 1.165) is 0 Å². The summed E-state index contributed by atoms with van der Waals surface area (Å²) in [5, 5.41) is 0. The quantitative estimate of drug-likeness (QED) is 0.267. The van der Waals surface area contributed by atoms with E-state index in [1.165, 1.54) is 0 Å². The molecule has 0 atom stereocenters. The van der Waals surface area contributed by atoms with Crippen molar-refractivity contribution in [1.29, 1.82) is 0 Å². The maximum absolute atomic E-state index is 13.3. The van der Waals surface area contributed by atoms with Gasteiger partial charge in [0.2, 0.25) is 23.6 Å². The van der Waals surface area contributed by atoms with E-state index in [1.54, 1.807) is 27.7 Å². The molecule has 0 unspecified atom stereocenters. The minimum Gasteiger partial charge on any atom is -0.370 e. The molecule has 0 aromatic carbocycles. The van der Waals surface area contributed by atoms with Gasteiger partial charge in [-0.2, -0.15) is 0 Å². The van der Waals surface area contributed by atoms with Crippen LogP contribution >= 0.6 is 95.6 Å². The number of unbranched alkanes of at least 4 members (excludes halogenated alkanes) is 1. The van der Waals surface area contributed by atoms with Gasteiger partial charge in [0.1, 0.15) is 4.29 Å². The summed E-state index contributed by atoms with van der Waals surface area (Å²) >= 11 is 19.9. The van der Waals surface area contributed by atoms with Crippen LogP contribution in [0, 0.1) is 10.8 Å². The van der Waals surface area contributed by atoms with Crippen LogP contribution in [0.4, 0.5) is 0 Å². The fourth-order valence-corrected chi connectivity index (χ4v) is 2.83. The number of carbonyl (C=O) groups excluding carboxylic acids is 4. The molecule has 4 amide bonds. The first-order valence-corrected chi connectivity index (χ1v) is 12.9. The van der Waals surface area contributed by atoms with Crippen molar-refractivity contribution in [2.45, 2.75) is 57.7 Å². The van der Waals surface area contributed by atoms with E-state index in [1.807, 2.05) is 0 Å². The first-order valence-electron chi connectivity index (χ1n) is 8.12. The van der Waals surface area contributed by atoms with E-state index in [-0.39, 0.29) is 12.8 Å². The Hall–Kier alpha value is 1.16. The van der Waals surface area contributed by atoms with Crippen molar-refractivity contribution >= 4 is 119 Å². The van der Waals surface area contributed by atoms with Crippen LogP contribution in [0.3, 0.4) is 0 Å². The van der Waals surface area contributed by atoms with Gasteiger partial charge in [-0.1, -0.05) is 95.6 Å². The van der Waals surface area contributed by atoms with Crippen LogP contribution in [0.5, 0.6) is 0 Å². The number of rotatable bonds is 7. The predicted molar refractivity (Wildman–Crippen MR) is 131 cm³/mol. The van der Waals surface area contributed by atoms with Crippen LogP contribution in [0.1, 0.15) is 53.4 Å². The van der Waals surface area contributed by atoms with Crippen LogP contribution in [0.15, 0.2) is 0 Å². The Kier molecular flexibility index (Phi) is 11.1. The zero-order valence-corrected chi connectivity index (χ0v) is 25.3. The number of imide groups is 3. The third kappa shape index (κ3) is 7.39. The van der Waals surface area contributed by atoms with Gasteiger partial charge in [0.15, 0.2) is 0 Å². The highest BCUT2D eigenvalue weighted by Gasteiger charge is 2.54. The lowest BCUT2D eigenvalue weighted by Gasteiger charge is -2.40. The molecule has 6 nitrogen and oxygen atoms in total. The summed E-state index contributed by atoms with van der Waals surface area (Å²) in [6.45, 7) is 6.35. The van der Waals surface area contributed by atoms with Crippen molar-refractivity contribution in [2.24, 2.45) is 16.6 Å². The maximum atomic E-state index is 13.3. The standard InChI is InChI=1S/C16H22Br6N2O4/c1-13(2,15(17,18)19)11(27)24(10(26)8-6-5-7-9(23)25)12(28)14(3,4)16(20,21)22/h5-8H2,1-4H3,(H2,23,25). The van der Waals surface area contributed by atoms with E-state index in [4.69, 9.17) is 5.73 Å². The Labute approximate surface area is 215 Å². The molecule has 0 saturated carbocycles. The van der Waals surface area contributed by atoms with E-state index in [2.05, 4.69) is 95.6 Å². The number of alkyl halides is 6. The van der Waals surface area contributed by atoms with Gasteiger partial charge in [-0.3, -0.25) is 19.2 Å². The number of amides is 4. The second kappa shape index (κ2) is 10.7. The molecule has 0 radical (unpaired) electrons. The van der Waals surface area contributed by atoms with Gasteiger partial charge in [-0.05, 0) is 40.5 Å². The highest BCUT2D eigenvalue weighted by atomic mass is 80.0. The topological polar surface area (TPSA) is 97.5 Å². The Morgan fingerprint density at radius 3 is 1.32 bits per heavy atom. The molecule has 12 heteroatoms. The second-order valence-electron chi connectivity index (χ2n) is 7.26. The first-order chi connectivity index (χ1) is 12.3. The number of nitrogens with two attached hydrogens (primary N) is 1. The van der Waals surface area contributed by atoms with Crippen molar-refractivity contribution in [3.63, 3.8) is 0 Å². The SMILES string of the molecule is CC(C)(C(=O)N(C(=O)CCCCC(N)=O)C(=O)C(C)(C)C(Br)(Br)Br)C(Br)(Br)Br. The molecule has 0 heterocycles. The second-order valence-corrected chi connectivity index (χ2v) is 20.8. The van der Waals surface area contributed by atoms with Gasteiger partial charge in [0.25, 0.3) is 0 Å². The molecule has 0 fully saturated rings. The monoisotopic (exact) mass is 780 g/mol. The molecular weight excluding hydrogens is 764 g/mol. The summed E-state index contributed by atoms with van der Waals surface area (Å²) in [6.07, 6.45) is 0.774. The minimum atomic E-state index is -1.21. The van der Waals surface area contributed by atoms with Crippen LogP contribution < -0.4 is 5.73 Å². The number of halogens is 6. The molecule has 0 bridgehead atoms. The smallest absolute Gasteiger partial charge is 0.244 e. The molecule has 28 heavy (non-hydrogen) atoms. The molecule has 0 aliphatic rings. The molecule has 0 rings (SSSR count). The number of hydrogen-bond donors (Lipinski definition) is 1. The zero-order valence-electron chi connectivity index (χ0n) is 15.8. The molecule has 0 saturated heterocycles. The molecule has 0 aliphatic carbocycles. The molecule has 0 aromatic heterocycles. The van der Waals surface area contributed by atoms with Gasteiger partial charge in [0.05, 0.1) is 10.8 Å². The lowest BCUT2D eigenvalue weighted by Crippen LogP contribution is -2.57. The summed E-state index contributed by atoms with van der Waals surface area (Å²) in [6, 6.07) is 0. The summed E-state index contributed by atoms with van der Waals surface area (Å²) < 4.78 is -2.08. The minimum absolute atomic E-state index is 0.0728. The summed E-state index contributed by atoms with van der Waals surface area (Å²) in [5.74, 6) is -2.49. The first kappa shape index (κ1) is 29.2. The predicted octanol–water partition coefficient (Wildman–Crippen LogP) is 5.64. The van der Waals surface area contributed by atoms with E-state index in [0.29, 0.717) is 17.7 Å². The van der Waals surface area contributed by atoms with Gasteiger partial charge >= 0.3 is 0 Å². The molecule has 0 aliphatic heterocycles. The summed E-state index contributed by atoms with van der Waals surface area (Å²) in [7, 11) is 0. The molecule has 0 spiro atoms. The van der Waals surface area contributed by atoms with Crippen LogP contribution in [0.2, 0.25) is 0 Å². The van der Waals surface area contributed by atoms with Crippen molar-refractivity contribution in [3.05, 3.63) is 0 Å². The highest BCUT2D eigenvalue weighted by molar-refractivity contribution is 9.39. The Balaban J connectivity index is 5.93. The van der Waals surface area contributed by atoms with E-state index >= 15 is 0 Å². The molecular formula is C16H22Br6N2O4. The lowest BCUT2D eigenvalue weighted by atomic mass is 9.89. The van der Waals surface area contributed by atoms with Crippen LogP contribution in [0.25, 0.3) is 0 Å².